The van der Waals surface area contributed by atoms with Gasteiger partial charge in [-0.25, -0.2) is 4.79 Å². The SMILES string of the molecule is C=C(C=O)CO.C=C(CO)C(=O)OCC(COC)C1CCC(C2CCC(CCC3CCC(c4ccc(CCCCC)cc4)CC3)CC2)CC1. The van der Waals surface area contributed by atoms with Gasteiger partial charge in [0, 0.05) is 18.6 Å². The standard InChI is InChI=1S/C39H62O4.C4H6O2/c1-4-5-6-7-30-10-16-33(17-11-30)34-18-12-31(13-19-34)8-9-32-14-20-35(21-15-32)36-22-24-37(25-23-36)38(27-42-3)28-43-39(41)29(2)26-40;1-4(2-5)3-6/h10-11,16-17,31-32,34-38,40H,2,4-9,12-15,18-28H2,1,3H3;2,6H,1,3H2. The second kappa shape index (κ2) is 23.2. The highest BCUT2D eigenvalue weighted by molar-refractivity contribution is 5.87. The lowest BCUT2D eigenvalue weighted by molar-refractivity contribution is -0.142. The monoisotopic (exact) mass is 681 g/mol. The van der Waals surface area contributed by atoms with Crippen molar-refractivity contribution < 1.29 is 29.3 Å². The van der Waals surface area contributed by atoms with Gasteiger partial charge in [-0.1, -0.05) is 82.9 Å². The molecule has 6 heteroatoms. The van der Waals surface area contributed by atoms with Crippen LogP contribution in [-0.4, -0.2) is 56.0 Å². The Hall–Kier alpha value is -2.28. The van der Waals surface area contributed by atoms with Crippen molar-refractivity contribution in [3.8, 4) is 0 Å². The quantitative estimate of drug-likeness (QED) is 0.0695. The van der Waals surface area contributed by atoms with Crippen LogP contribution in [0.2, 0.25) is 0 Å². The predicted molar refractivity (Wildman–Crippen MR) is 199 cm³/mol. The molecule has 4 rings (SSSR count). The summed E-state index contributed by atoms with van der Waals surface area (Å²) in [5.74, 6) is 4.78. The topological polar surface area (TPSA) is 93.1 Å². The summed E-state index contributed by atoms with van der Waals surface area (Å²) in [6.45, 7) is 9.43. The minimum Gasteiger partial charge on any atom is -0.462 e. The third-order valence-electron chi connectivity index (χ3n) is 12.0. The molecule has 3 saturated carbocycles. The van der Waals surface area contributed by atoms with E-state index in [1.165, 1.54) is 121 Å². The summed E-state index contributed by atoms with van der Waals surface area (Å²) in [4.78, 5) is 21.4. The Morgan fingerprint density at radius 3 is 1.88 bits per heavy atom. The summed E-state index contributed by atoms with van der Waals surface area (Å²) in [5, 5.41) is 17.1. The van der Waals surface area contributed by atoms with E-state index in [4.69, 9.17) is 19.7 Å². The van der Waals surface area contributed by atoms with Gasteiger partial charge in [0.1, 0.15) is 6.29 Å². The lowest BCUT2D eigenvalue weighted by Gasteiger charge is -2.40. The van der Waals surface area contributed by atoms with Gasteiger partial charge in [0.15, 0.2) is 0 Å². The van der Waals surface area contributed by atoms with Crippen molar-refractivity contribution in [3.63, 3.8) is 0 Å². The first-order valence-corrected chi connectivity index (χ1v) is 19.6. The molecule has 1 aromatic rings. The second-order valence-corrected chi connectivity index (χ2v) is 15.5. The first-order valence-electron chi connectivity index (χ1n) is 19.6. The molecule has 3 aliphatic rings. The van der Waals surface area contributed by atoms with Crippen molar-refractivity contribution in [1.29, 1.82) is 0 Å². The van der Waals surface area contributed by atoms with Crippen LogP contribution in [0.4, 0.5) is 0 Å². The number of esters is 1. The Balaban J connectivity index is 0.000000992. The zero-order valence-electron chi connectivity index (χ0n) is 30.9. The van der Waals surface area contributed by atoms with Gasteiger partial charge in [0.25, 0.3) is 0 Å². The number of carbonyl (C=O) groups is 2. The smallest absolute Gasteiger partial charge is 0.335 e. The van der Waals surface area contributed by atoms with Gasteiger partial charge in [-0.05, 0) is 124 Å². The number of hydrogen-bond acceptors (Lipinski definition) is 6. The van der Waals surface area contributed by atoms with Crippen molar-refractivity contribution >= 4 is 12.3 Å². The number of aliphatic hydroxyl groups is 2. The number of rotatable bonds is 18. The molecule has 2 N–H and O–H groups in total. The Morgan fingerprint density at radius 1 is 0.816 bits per heavy atom. The fourth-order valence-electron chi connectivity index (χ4n) is 8.75. The van der Waals surface area contributed by atoms with Crippen molar-refractivity contribution in [1.82, 2.24) is 0 Å². The number of unbranched alkanes of at least 4 members (excludes halogenated alkanes) is 2. The molecule has 0 aromatic heterocycles. The molecule has 0 heterocycles. The molecule has 49 heavy (non-hydrogen) atoms. The Labute approximate surface area is 298 Å². The van der Waals surface area contributed by atoms with E-state index in [0.717, 1.165) is 29.6 Å². The largest absolute Gasteiger partial charge is 0.462 e. The third-order valence-corrected chi connectivity index (χ3v) is 12.0. The van der Waals surface area contributed by atoms with E-state index >= 15 is 0 Å². The lowest BCUT2D eigenvalue weighted by atomic mass is 9.67. The highest BCUT2D eigenvalue weighted by atomic mass is 16.5. The Morgan fingerprint density at radius 2 is 1.39 bits per heavy atom. The number of aliphatic hydroxyl groups excluding tert-OH is 2. The van der Waals surface area contributed by atoms with Crippen LogP contribution in [0.3, 0.4) is 0 Å². The van der Waals surface area contributed by atoms with Crippen molar-refractivity contribution in [2.45, 2.75) is 128 Å². The average Bonchev–Trinajstić information content (AvgIpc) is 3.16. The first kappa shape index (κ1) is 41.1. The summed E-state index contributed by atoms with van der Waals surface area (Å²) in [7, 11) is 1.73. The Bertz CT molecular complexity index is 1090. The normalized spacial score (nSPS) is 26.1. The van der Waals surface area contributed by atoms with Crippen molar-refractivity contribution in [3.05, 3.63) is 59.7 Å². The molecule has 3 fully saturated rings. The van der Waals surface area contributed by atoms with E-state index in [0.29, 0.717) is 25.4 Å². The zero-order valence-corrected chi connectivity index (χ0v) is 30.9. The fraction of sp³-hybridized carbons (Fsp3) is 0.721. The minimum atomic E-state index is -0.486. The van der Waals surface area contributed by atoms with Crippen LogP contribution in [0.1, 0.15) is 133 Å². The van der Waals surface area contributed by atoms with Gasteiger partial charge in [-0.2, -0.15) is 0 Å². The van der Waals surface area contributed by atoms with Crippen LogP contribution in [0, 0.1) is 35.5 Å². The van der Waals surface area contributed by atoms with Crippen LogP contribution in [-0.2, 0) is 25.5 Å². The van der Waals surface area contributed by atoms with Crippen molar-refractivity contribution in [2.24, 2.45) is 35.5 Å². The van der Waals surface area contributed by atoms with E-state index < -0.39 is 5.97 Å². The predicted octanol–water partition coefficient (Wildman–Crippen LogP) is 9.17. The van der Waals surface area contributed by atoms with E-state index in [-0.39, 0.29) is 30.3 Å². The molecule has 0 radical (unpaired) electrons. The number of aryl methyl sites for hydroxylation is 1. The molecule has 1 atom stereocenters. The highest BCUT2D eigenvalue weighted by Crippen LogP contribution is 2.45. The van der Waals surface area contributed by atoms with E-state index in [9.17, 15) is 9.59 Å². The summed E-state index contributed by atoms with van der Waals surface area (Å²) >= 11 is 0. The van der Waals surface area contributed by atoms with Crippen LogP contribution in [0.15, 0.2) is 48.6 Å². The summed E-state index contributed by atoms with van der Waals surface area (Å²) in [6.07, 6.45) is 25.1. The molecule has 0 bridgehead atoms. The summed E-state index contributed by atoms with van der Waals surface area (Å²) in [5.41, 5.74) is 3.45. The third kappa shape index (κ3) is 14.5. The molecule has 0 aliphatic heterocycles. The molecule has 0 spiro atoms. The van der Waals surface area contributed by atoms with E-state index in [2.05, 4.69) is 44.3 Å². The van der Waals surface area contributed by atoms with Gasteiger partial charge >= 0.3 is 5.97 Å². The molecule has 1 aromatic carbocycles. The fourth-order valence-corrected chi connectivity index (χ4v) is 8.75. The number of ether oxygens (including phenoxy) is 2. The van der Waals surface area contributed by atoms with Crippen LogP contribution in [0.5, 0.6) is 0 Å². The van der Waals surface area contributed by atoms with Crippen LogP contribution >= 0.6 is 0 Å². The maximum Gasteiger partial charge on any atom is 0.335 e. The lowest BCUT2D eigenvalue weighted by Crippen LogP contribution is -2.32. The van der Waals surface area contributed by atoms with E-state index in [1.807, 2.05) is 0 Å². The number of aldehydes is 1. The van der Waals surface area contributed by atoms with Gasteiger partial charge in [-0.3, -0.25) is 4.79 Å². The van der Waals surface area contributed by atoms with Gasteiger partial charge in [0.2, 0.25) is 0 Å². The average molecular weight is 681 g/mol. The second-order valence-electron chi connectivity index (χ2n) is 15.5. The van der Waals surface area contributed by atoms with Crippen LogP contribution < -0.4 is 0 Å². The minimum absolute atomic E-state index is 0.122. The van der Waals surface area contributed by atoms with Crippen molar-refractivity contribution in [2.75, 3.05) is 33.5 Å². The summed E-state index contributed by atoms with van der Waals surface area (Å²) < 4.78 is 10.9. The van der Waals surface area contributed by atoms with Gasteiger partial charge < -0.3 is 19.7 Å². The molecular formula is C43H68O6. The van der Waals surface area contributed by atoms with Gasteiger partial charge in [0.05, 0.1) is 32.0 Å². The highest BCUT2D eigenvalue weighted by Gasteiger charge is 2.34. The Kier molecular flexibility index (Phi) is 19.5. The summed E-state index contributed by atoms with van der Waals surface area (Å²) in [6, 6.07) is 9.67. The number of benzene rings is 1. The number of methoxy groups -OCH3 is 1. The molecule has 3 aliphatic carbocycles. The first-order chi connectivity index (χ1) is 23.8. The molecule has 6 nitrogen and oxygen atoms in total. The van der Waals surface area contributed by atoms with E-state index in [1.54, 1.807) is 12.7 Å². The van der Waals surface area contributed by atoms with Gasteiger partial charge in [-0.15, -0.1) is 0 Å². The molecule has 1 unspecified atom stereocenters. The molecule has 276 valence electrons. The molecular weight excluding hydrogens is 612 g/mol. The maximum atomic E-state index is 12.0. The van der Waals surface area contributed by atoms with Crippen LogP contribution in [0.25, 0.3) is 0 Å². The zero-order chi connectivity index (χ0) is 35.4. The number of carbonyl (C=O) groups excluding carboxylic acids is 2. The maximum absolute atomic E-state index is 12.0. The molecule has 0 saturated heterocycles. The number of hydrogen-bond donors (Lipinski definition) is 2. The molecule has 0 amide bonds.